The maximum atomic E-state index is 11.4. The van der Waals surface area contributed by atoms with E-state index in [1.807, 2.05) is 0 Å². The van der Waals surface area contributed by atoms with Crippen LogP contribution in [-0.4, -0.2) is 112 Å². The molecule has 3 atom stereocenters. The average Bonchev–Trinajstić information content (AvgIpc) is 2.90. The predicted octanol–water partition coefficient (Wildman–Crippen LogP) is 0.243. The Balaban J connectivity index is -0.000000295. The van der Waals surface area contributed by atoms with Gasteiger partial charge in [-0.2, -0.15) is 0 Å². The van der Waals surface area contributed by atoms with E-state index in [-0.39, 0.29) is 20.3 Å². The van der Waals surface area contributed by atoms with Gasteiger partial charge < -0.3 is 48.1 Å². The number of carbonyl (C=O) groups is 7. The van der Waals surface area contributed by atoms with Crippen LogP contribution in [0.25, 0.3) is 0 Å². The number of carboxylic acids is 2. The summed E-state index contributed by atoms with van der Waals surface area (Å²) < 4.78 is 36.0. The highest BCUT2D eigenvalue weighted by Gasteiger charge is 2.26. The quantitative estimate of drug-likeness (QED) is 0.112. The Morgan fingerprint density at radius 1 is 0.564 bits per heavy atom. The summed E-state index contributed by atoms with van der Waals surface area (Å²) in [5, 5.41) is 15.2. The normalized spacial score (nSPS) is 11.6. The molecule has 0 aliphatic heterocycles. The van der Waals surface area contributed by atoms with Crippen LogP contribution in [0.4, 0.5) is 0 Å². The van der Waals surface area contributed by atoms with E-state index in [1.54, 1.807) is 0 Å². The van der Waals surface area contributed by atoms with Crippen molar-refractivity contribution in [1.82, 2.24) is 0 Å². The van der Waals surface area contributed by atoms with Crippen molar-refractivity contribution in [3.63, 3.8) is 0 Å². The van der Waals surface area contributed by atoms with Crippen molar-refractivity contribution < 1.29 is 81.7 Å². The number of rotatable bonds is 14. The van der Waals surface area contributed by atoms with Gasteiger partial charge in [0.1, 0.15) is 0 Å². The van der Waals surface area contributed by atoms with Crippen LogP contribution >= 0.6 is 15.9 Å². The summed E-state index contributed by atoms with van der Waals surface area (Å²) in [5.41, 5.74) is 0. The van der Waals surface area contributed by atoms with Crippen molar-refractivity contribution >= 4 is 57.7 Å². The molecule has 0 aliphatic carbocycles. The first-order chi connectivity index (χ1) is 17.7. The van der Waals surface area contributed by atoms with E-state index in [2.05, 4.69) is 53.8 Å². The van der Waals surface area contributed by atoms with Gasteiger partial charge in [-0.1, -0.05) is 7.43 Å². The maximum absolute atomic E-state index is 11.4. The lowest BCUT2D eigenvalue weighted by atomic mass is 10.3. The summed E-state index contributed by atoms with van der Waals surface area (Å²) in [5.74, 6) is -6.15. The van der Waals surface area contributed by atoms with Gasteiger partial charge in [0.25, 0.3) is 0 Å². The number of aliphatic carboxylic acids is 2. The van der Waals surface area contributed by atoms with Crippen molar-refractivity contribution in [2.75, 3.05) is 42.7 Å². The van der Waals surface area contributed by atoms with E-state index in [4.69, 9.17) is 10.2 Å². The summed E-state index contributed by atoms with van der Waals surface area (Å²) >= 11 is 2.91. The number of alkyl halides is 1. The Bertz CT molecular complexity index is 718. The molecule has 0 aromatic heterocycles. The largest absolute Gasteiger partial charge is 0.481 e. The van der Waals surface area contributed by atoms with Gasteiger partial charge >= 0.3 is 54.4 Å². The van der Waals surface area contributed by atoms with Gasteiger partial charge in [0, 0.05) is 21.3 Å². The van der Waals surface area contributed by atoms with Crippen LogP contribution in [-0.2, 0) is 71.5 Å². The van der Waals surface area contributed by atoms with Gasteiger partial charge in [0.15, 0.2) is 0 Å². The van der Waals surface area contributed by atoms with Crippen molar-refractivity contribution in [2.24, 2.45) is 0 Å². The van der Waals surface area contributed by atoms with E-state index in [0.717, 1.165) is 28.4 Å². The first-order valence-corrected chi connectivity index (χ1v) is 10.9. The van der Waals surface area contributed by atoms with Gasteiger partial charge in [0.2, 0.25) is 5.01 Å². The molecule has 0 fully saturated rings. The van der Waals surface area contributed by atoms with Crippen molar-refractivity contribution in [3.8, 4) is 0 Å². The van der Waals surface area contributed by atoms with Crippen molar-refractivity contribution in [1.29, 1.82) is 0 Å². The molecule has 0 saturated heterocycles. The number of hydrogen-bond acceptors (Lipinski definition) is 15. The van der Waals surface area contributed by atoms with Crippen LogP contribution < -0.4 is 0 Å². The number of carbonyl (C=O) groups excluding carboxylic acids is 5. The lowest BCUT2D eigenvalue weighted by molar-refractivity contribution is -0.197. The van der Waals surface area contributed by atoms with E-state index >= 15 is 0 Å². The zero-order valence-corrected chi connectivity index (χ0v) is 23.0. The Morgan fingerprint density at radius 3 is 1.05 bits per heavy atom. The van der Waals surface area contributed by atoms with Crippen LogP contribution in [0.5, 0.6) is 0 Å². The molecule has 3 unspecified atom stereocenters. The molecule has 0 saturated carbocycles. The molecule has 18 heteroatoms. The fourth-order valence-corrected chi connectivity index (χ4v) is 1.73. The molecule has 0 spiro atoms. The first kappa shape index (κ1) is 42.7. The van der Waals surface area contributed by atoms with E-state index < -0.39 is 72.2 Å². The molecule has 0 rings (SSSR count). The molecular weight excluding hydrogens is 604 g/mol. The molecule has 0 aromatic carbocycles. The Labute approximate surface area is 233 Å². The molecule has 0 amide bonds. The topological polar surface area (TPSA) is 234 Å². The van der Waals surface area contributed by atoms with Gasteiger partial charge in [-0.05, 0) is 15.9 Å². The molecule has 0 radical (unpaired) electrons. The zero-order valence-electron chi connectivity index (χ0n) is 21.5. The molecule has 17 nitrogen and oxygen atoms in total. The lowest BCUT2D eigenvalue weighted by Gasteiger charge is -2.14. The minimum Gasteiger partial charge on any atom is -0.481 e. The standard InChI is InChI=1S/C12H18O10.C4H7BrO3.C4H6O4.CH4/c1-17-9(15)11(19-3)21-7(13)5-6-8(14)22-12(20-4)10(16)18-2;1-7-3(5)4(6)8-2;5-3(6)1-2-4(7)8;/h11-12H,5-6H2,1-4H3;3H,1-2H3;1-2H2,(H,5,6)(H,7,8);1H4. The molecule has 0 bridgehead atoms. The number of esters is 5. The number of methoxy groups -OCH3 is 6. The first-order valence-electron chi connectivity index (χ1n) is 10.0. The zero-order chi connectivity index (χ0) is 30.3. The predicted molar refractivity (Wildman–Crippen MR) is 130 cm³/mol. The second kappa shape index (κ2) is 26.3. The summed E-state index contributed by atoms with van der Waals surface area (Å²) in [7, 11) is 7.19. The van der Waals surface area contributed by atoms with Crippen LogP contribution in [0.3, 0.4) is 0 Å². The van der Waals surface area contributed by atoms with Crippen molar-refractivity contribution in [3.05, 3.63) is 0 Å². The van der Waals surface area contributed by atoms with Gasteiger partial charge in [-0.3, -0.25) is 19.2 Å². The highest BCUT2D eigenvalue weighted by molar-refractivity contribution is 9.09. The van der Waals surface area contributed by atoms with Gasteiger partial charge in [-0.15, -0.1) is 0 Å². The van der Waals surface area contributed by atoms with Crippen LogP contribution in [0, 0.1) is 0 Å². The third-order valence-corrected chi connectivity index (χ3v) is 4.12. The van der Waals surface area contributed by atoms with E-state index in [9.17, 15) is 33.6 Å². The van der Waals surface area contributed by atoms with E-state index in [1.165, 1.54) is 14.2 Å². The molecule has 0 aliphatic rings. The molecular formula is C21H35BrO17. The summed E-state index contributed by atoms with van der Waals surface area (Å²) in [6.45, 7) is 0. The van der Waals surface area contributed by atoms with Gasteiger partial charge in [-0.25, -0.2) is 14.4 Å². The Morgan fingerprint density at radius 2 is 0.872 bits per heavy atom. The summed E-state index contributed by atoms with van der Waals surface area (Å²) in [6.07, 6.45) is -4.42. The Kier molecular flexibility index (Phi) is 28.8. The Hall–Kier alpha value is -3.35. The third-order valence-electron chi connectivity index (χ3n) is 3.37. The second-order valence-electron chi connectivity index (χ2n) is 6.02. The monoisotopic (exact) mass is 638 g/mol. The lowest BCUT2D eigenvalue weighted by Crippen LogP contribution is -2.31. The second-order valence-corrected chi connectivity index (χ2v) is 6.86. The third kappa shape index (κ3) is 24.7. The van der Waals surface area contributed by atoms with Crippen molar-refractivity contribution in [2.45, 2.75) is 50.7 Å². The molecule has 39 heavy (non-hydrogen) atoms. The minimum absolute atomic E-state index is 0. The maximum Gasteiger partial charge on any atom is 0.376 e. The van der Waals surface area contributed by atoms with E-state index in [0.29, 0.717) is 0 Å². The fourth-order valence-electron chi connectivity index (χ4n) is 1.54. The smallest absolute Gasteiger partial charge is 0.376 e. The van der Waals surface area contributed by atoms with Crippen LogP contribution in [0.15, 0.2) is 0 Å². The highest BCUT2D eigenvalue weighted by Crippen LogP contribution is 2.05. The summed E-state index contributed by atoms with van der Waals surface area (Å²) in [6, 6.07) is 0. The number of ether oxygens (including phenoxy) is 8. The minimum atomic E-state index is -1.52. The highest BCUT2D eigenvalue weighted by atomic mass is 79.9. The van der Waals surface area contributed by atoms with Crippen LogP contribution in [0.1, 0.15) is 33.1 Å². The molecule has 228 valence electrons. The number of hydrogen-bond donors (Lipinski definition) is 2. The number of halogens is 1. The molecule has 0 aromatic rings. The average molecular weight is 639 g/mol. The SMILES string of the molecule is C.COC(=O)C(Br)OC.COC(=O)C(OC)OC(=O)CCC(=O)OC(OC)C(=O)OC.O=C(O)CCC(=O)O. The summed E-state index contributed by atoms with van der Waals surface area (Å²) in [4.78, 5) is 74.8. The number of carboxylic acid groups (broad SMARTS) is 2. The fraction of sp³-hybridized carbons (Fsp3) is 0.667. The van der Waals surface area contributed by atoms with Crippen LogP contribution in [0.2, 0.25) is 0 Å². The molecule has 0 heterocycles. The molecule has 2 N–H and O–H groups in total. The van der Waals surface area contributed by atoms with Gasteiger partial charge in [0.05, 0.1) is 47.0 Å².